The van der Waals surface area contributed by atoms with E-state index < -0.39 is 0 Å². The van der Waals surface area contributed by atoms with Crippen LogP contribution in [0.3, 0.4) is 0 Å². The Balaban J connectivity index is 1.32. The third-order valence-corrected chi connectivity index (χ3v) is 5.85. The smallest absolute Gasteiger partial charge is 0.291 e. The summed E-state index contributed by atoms with van der Waals surface area (Å²) in [5, 5.41) is 3.59. The largest absolute Gasteiger partial charge is 0.497 e. The zero-order valence-electron chi connectivity index (χ0n) is 17.3. The molecule has 0 unspecified atom stereocenters. The molecular formula is C25H16Cl2N2O4. The molecule has 1 N–H and O–H groups in total. The van der Waals surface area contributed by atoms with E-state index in [1.807, 2.05) is 30.3 Å². The molecule has 2 aromatic heterocycles. The maximum atomic E-state index is 12.6. The van der Waals surface area contributed by atoms with Gasteiger partial charge < -0.3 is 18.9 Å². The predicted molar refractivity (Wildman–Crippen MR) is 128 cm³/mol. The van der Waals surface area contributed by atoms with Gasteiger partial charge in [0.25, 0.3) is 5.91 Å². The SMILES string of the molecule is COc1ccc2oc(-c3ccc(NC(=O)c4ccc(-c5cccc(Cl)c5Cl)o4)cc3)nc2c1. The minimum Gasteiger partial charge on any atom is -0.497 e. The van der Waals surface area contributed by atoms with Crippen LogP contribution in [0.1, 0.15) is 10.6 Å². The summed E-state index contributed by atoms with van der Waals surface area (Å²) in [5.74, 6) is 1.40. The van der Waals surface area contributed by atoms with E-state index >= 15 is 0 Å². The molecule has 0 radical (unpaired) electrons. The number of methoxy groups -OCH3 is 1. The average Bonchev–Trinajstić information content (AvgIpc) is 3.48. The van der Waals surface area contributed by atoms with Crippen LogP contribution in [0.4, 0.5) is 5.69 Å². The van der Waals surface area contributed by atoms with Gasteiger partial charge in [-0.2, -0.15) is 0 Å². The van der Waals surface area contributed by atoms with Gasteiger partial charge in [-0.05, 0) is 60.7 Å². The number of ether oxygens (including phenoxy) is 1. The number of carbonyl (C=O) groups excluding carboxylic acids is 1. The minimum absolute atomic E-state index is 0.151. The van der Waals surface area contributed by atoms with Crippen LogP contribution in [-0.2, 0) is 0 Å². The van der Waals surface area contributed by atoms with Gasteiger partial charge in [0.1, 0.15) is 17.0 Å². The number of anilines is 1. The van der Waals surface area contributed by atoms with Crippen molar-refractivity contribution in [3.63, 3.8) is 0 Å². The number of nitrogens with zero attached hydrogens (tertiary/aromatic N) is 1. The first-order valence-corrected chi connectivity index (χ1v) is 10.7. The van der Waals surface area contributed by atoms with E-state index in [2.05, 4.69) is 10.3 Å². The Morgan fingerprint density at radius 3 is 2.58 bits per heavy atom. The van der Waals surface area contributed by atoms with Gasteiger partial charge in [0.15, 0.2) is 11.3 Å². The second kappa shape index (κ2) is 8.65. The Hall–Kier alpha value is -3.74. The van der Waals surface area contributed by atoms with Crippen LogP contribution in [0.5, 0.6) is 5.75 Å². The molecule has 8 heteroatoms. The molecule has 0 saturated carbocycles. The van der Waals surface area contributed by atoms with Gasteiger partial charge in [-0.3, -0.25) is 4.79 Å². The first kappa shape index (κ1) is 21.1. The molecule has 33 heavy (non-hydrogen) atoms. The summed E-state index contributed by atoms with van der Waals surface area (Å²) >= 11 is 12.3. The van der Waals surface area contributed by atoms with Crippen LogP contribution in [-0.4, -0.2) is 18.0 Å². The molecule has 0 bridgehead atoms. The Labute approximate surface area is 198 Å². The molecule has 1 amide bonds. The Bertz CT molecular complexity index is 1470. The highest BCUT2D eigenvalue weighted by Crippen LogP contribution is 2.34. The van der Waals surface area contributed by atoms with E-state index in [9.17, 15) is 4.79 Å². The van der Waals surface area contributed by atoms with Crippen molar-refractivity contribution in [2.24, 2.45) is 0 Å². The molecule has 0 atom stereocenters. The zero-order chi connectivity index (χ0) is 22.9. The summed E-state index contributed by atoms with van der Waals surface area (Å²) in [6.07, 6.45) is 0. The number of aromatic nitrogens is 1. The lowest BCUT2D eigenvalue weighted by Gasteiger charge is -2.05. The minimum atomic E-state index is -0.388. The quantitative estimate of drug-likeness (QED) is 0.286. The van der Waals surface area contributed by atoms with E-state index in [0.717, 1.165) is 5.56 Å². The van der Waals surface area contributed by atoms with E-state index in [-0.39, 0.29) is 11.7 Å². The lowest BCUT2D eigenvalue weighted by Crippen LogP contribution is -2.10. The number of hydrogen-bond donors (Lipinski definition) is 1. The highest BCUT2D eigenvalue weighted by molar-refractivity contribution is 6.43. The summed E-state index contributed by atoms with van der Waals surface area (Å²) in [6.45, 7) is 0. The van der Waals surface area contributed by atoms with E-state index in [4.69, 9.17) is 36.8 Å². The fourth-order valence-electron chi connectivity index (χ4n) is 3.35. The number of furan rings is 1. The second-order valence-electron chi connectivity index (χ2n) is 7.15. The van der Waals surface area contributed by atoms with Crippen LogP contribution in [0.25, 0.3) is 33.9 Å². The molecule has 5 rings (SSSR count). The van der Waals surface area contributed by atoms with Crippen molar-refractivity contribution in [2.75, 3.05) is 12.4 Å². The van der Waals surface area contributed by atoms with E-state index in [1.54, 1.807) is 49.6 Å². The summed E-state index contributed by atoms with van der Waals surface area (Å²) in [7, 11) is 1.60. The van der Waals surface area contributed by atoms with Gasteiger partial charge in [0.05, 0.1) is 17.2 Å². The summed E-state index contributed by atoms with van der Waals surface area (Å²) in [4.78, 5) is 17.1. The number of carbonyl (C=O) groups is 1. The molecule has 3 aromatic carbocycles. The van der Waals surface area contributed by atoms with Crippen molar-refractivity contribution in [2.45, 2.75) is 0 Å². The highest BCUT2D eigenvalue weighted by atomic mass is 35.5. The molecule has 0 fully saturated rings. The van der Waals surface area contributed by atoms with E-state index in [1.165, 1.54) is 0 Å². The molecule has 0 aliphatic heterocycles. The second-order valence-corrected chi connectivity index (χ2v) is 7.93. The lowest BCUT2D eigenvalue weighted by molar-refractivity contribution is 0.0997. The van der Waals surface area contributed by atoms with Crippen molar-refractivity contribution >= 4 is 45.9 Å². The number of amides is 1. The Morgan fingerprint density at radius 1 is 0.970 bits per heavy atom. The third kappa shape index (κ3) is 4.18. The molecule has 2 heterocycles. The van der Waals surface area contributed by atoms with Crippen molar-refractivity contribution < 1.29 is 18.4 Å². The molecule has 164 valence electrons. The first-order valence-electron chi connectivity index (χ1n) is 9.92. The topological polar surface area (TPSA) is 77.5 Å². The maximum absolute atomic E-state index is 12.6. The number of oxazole rings is 1. The van der Waals surface area contributed by atoms with Gasteiger partial charge in [-0.15, -0.1) is 0 Å². The standard InChI is InChI=1S/C25H16Cl2N2O4/c1-31-16-9-10-21-19(13-16)29-25(33-21)14-5-7-15(8-6-14)28-24(30)22-12-11-20(32-22)17-3-2-4-18(26)23(17)27/h2-13H,1H3,(H,28,30). The Morgan fingerprint density at radius 2 is 1.79 bits per heavy atom. The lowest BCUT2D eigenvalue weighted by atomic mass is 10.2. The zero-order valence-corrected chi connectivity index (χ0v) is 18.8. The number of nitrogens with one attached hydrogen (secondary N) is 1. The van der Waals surface area contributed by atoms with Gasteiger partial charge in [0.2, 0.25) is 5.89 Å². The first-order chi connectivity index (χ1) is 16.0. The third-order valence-electron chi connectivity index (χ3n) is 5.03. The number of fused-ring (bicyclic) bond motifs is 1. The van der Waals surface area contributed by atoms with Crippen LogP contribution < -0.4 is 10.1 Å². The molecule has 0 aliphatic carbocycles. The monoisotopic (exact) mass is 478 g/mol. The van der Waals surface area contributed by atoms with E-state index in [0.29, 0.717) is 49.8 Å². The van der Waals surface area contributed by atoms with Crippen molar-refractivity contribution in [1.29, 1.82) is 0 Å². The summed E-state index contributed by atoms with van der Waals surface area (Å²) in [6, 6.07) is 21.1. The average molecular weight is 479 g/mol. The van der Waals surface area contributed by atoms with Crippen molar-refractivity contribution in [3.8, 4) is 28.5 Å². The molecule has 6 nitrogen and oxygen atoms in total. The molecule has 0 saturated heterocycles. The fraction of sp³-hybridized carbons (Fsp3) is 0.0400. The fourth-order valence-corrected chi connectivity index (χ4v) is 3.74. The molecule has 0 spiro atoms. The van der Waals surface area contributed by atoms with Crippen molar-refractivity contribution in [1.82, 2.24) is 4.98 Å². The molecule has 5 aromatic rings. The van der Waals surface area contributed by atoms with Crippen LogP contribution in [0.15, 0.2) is 81.6 Å². The van der Waals surface area contributed by atoms with Gasteiger partial charge >= 0.3 is 0 Å². The van der Waals surface area contributed by atoms with Crippen LogP contribution >= 0.6 is 23.2 Å². The predicted octanol–water partition coefficient (Wildman–Crippen LogP) is 7.32. The number of hydrogen-bond acceptors (Lipinski definition) is 5. The van der Waals surface area contributed by atoms with Gasteiger partial charge in [-0.1, -0.05) is 29.3 Å². The Kier molecular flexibility index (Phi) is 5.54. The summed E-state index contributed by atoms with van der Waals surface area (Å²) in [5.41, 5.74) is 3.36. The van der Waals surface area contributed by atoms with Crippen molar-refractivity contribution in [3.05, 3.63) is 88.6 Å². The maximum Gasteiger partial charge on any atom is 0.291 e. The van der Waals surface area contributed by atoms with Gasteiger partial charge in [-0.25, -0.2) is 4.98 Å². The number of halogens is 2. The molecule has 0 aliphatic rings. The van der Waals surface area contributed by atoms with Gasteiger partial charge in [0, 0.05) is 22.9 Å². The highest BCUT2D eigenvalue weighted by Gasteiger charge is 2.16. The number of rotatable bonds is 5. The molecular weight excluding hydrogens is 463 g/mol. The van der Waals surface area contributed by atoms with Crippen LogP contribution in [0, 0.1) is 0 Å². The summed E-state index contributed by atoms with van der Waals surface area (Å²) < 4.78 is 16.7. The van der Waals surface area contributed by atoms with Crippen LogP contribution in [0.2, 0.25) is 10.0 Å². The number of benzene rings is 3. The normalized spacial score (nSPS) is 11.0.